The Kier molecular flexibility index (Phi) is 3.74. The lowest BCUT2D eigenvalue weighted by Gasteiger charge is -2.11. The average molecular weight is 297 g/mol. The van der Waals surface area contributed by atoms with Crippen molar-refractivity contribution in [3.63, 3.8) is 0 Å². The van der Waals surface area contributed by atoms with Crippen LogP contribution in [0.4, 0.5) is 17.1 Å². The molecule has 3 rings (SSSR count). The summed E-state index contributed by atoms with van der Waals surface area (Å²) in [5.41, 5.74) is 2.35. The van der Waals surface area contributed by atoms with E-state index >= 15 is 0 Å². The van der Waals surface area contributed by atoms with Crippen LogP contribution in [-0.4, -0.2) is 17.4 Å². The van der Waals surface area contributed by atoms with Crippen LogP contribution in [0.1, 0.15) is 17.9 Å². The lowest BCUT2D eigenvalue weighted by molar-refractivity contribution is -0.384. The summed E-state index contributed by atoms with van der Waals surface area (Å²) in [5, 5.41) is 16.9. The van der Waals surface area contributed by atoms with E-state index in [-0.39, 0.29) is 17.5 Å². The topological polar surface area (TPSA) is 84.3 Å². The Labute approximate surface area is 127 Å². The zero-order valence-corrected chi connectivity index (χ0v) is 11.8. The van der Waals surface area contributed by atoms with Gasteiger partial charge in [-0.15, -0.1) is 0 Å². The second-order valence-electron chi connectivity index (χ2n) is 5.12. The summed E-state index contributed by atoms with van der Waals surface area (Å²) in [6, 6.07) is 14.1. The van der Waals surface area contributed by atoms with Crippen LogP contribution in [0.3, 0.4) is 0 Å². The van der Waals surface area contributed by atoms with Gasteiger partial charge in [0.2, 0.25) is 5.91 Å². The van der Waals surface area contributed by atoms with Gasteiger partial charge in [0.15, 0.2) is 0 Å². The fourth-order valence-corrected chi connectivity index (χ4v) is 2.70. The zero-order valence-electron chi connectivity index (χ0n) is 11.8. The highest BCUT2D eigenvalue weighted by molar-refractivity contribution is 6.02. The SMILES string of the molecule is O=C1Nc2ccccc2C1CCNc1ccccc1[N+](=O)[O-]. The van der Waals surface area contributed by atoms with Gasteiger partial charge in [0.25, 0.3) is 5.69 Å². The lowest BCUT2D eigenvalue weighted by Crippen LogP contribution is -2.16. The molecule has 0 saturated heterocycles. The van der Waals surface area contributed by atoms with Crippen LogP contribution in [0.5, 0.6) is 0 Å². The summed E-state index contributed by atoms with van der Waals surface area (Å²) in [7, 11) is 0. The molecule has 1 atom stereocenters. The second kappa shape index (κ2) is 5.85. The number of nitro benzene ring substituents is 1. The van der Waals surface area contributed by atoms with Gasteiger partial charge in [-0.05, 0) is 24.1 Å². The Hall–Kier alpha value is -2.89. The summed E-state index contributed by atoms with van der Waals surface area (Å²) in [6.45, 7) is 0.483. The van der Waals surface area contributed by atoms with Crippen LogP contribution in [-0.2, 0) is 4.79 Å². The minimum absolute atomic E-state index is 0.0226. The van der Waals surface area contributed by atoms with E-state index < -0.39 is 4.92 Å². The largest absolute Gasteiger partial charge is 0.379 e. The summed E-state index contributed by atoms with van der Waals surface area (Å²) in [5.74, 6) is -0.239. The number of fused-ring (bicyclic) bond motifs is 1. The third-order valence-electron chi connectivity index (χ3n) is 3.76. The number of carbonyl (C=O) groups is 1. The number of nitrogens with zero attached hydrogens (tertiary/aromatic N) is 1. The zero-order chi connectivity index (χ0) is 15.5. The molecule has 22 heavy (non-hydrogen) atoms. The van der Waals surface area contributed by atoms with Gasteiger partial charge >= 0.3 is 0 Å². The molecule has 2 aromatic rings. The van der Waals surface area contributed by atoms with Gasteiger partial charge < -0.3 is 10.6 Å². The molecule has 0 bridgehead atoms. The Bertz CT molecular complexity index is 730. The molecule has 6 nitrogen and oxygen atoms in total. The van der Waals surface area contributed by atoms with E-state index in [9.17, 15) is 14.9 Å². The highest BCUT2D eigenvalue weighted by atomic mass is 16.6. The normalized spacial score (nSPS) is 16.0. The van der Waals surface area contributed by atoms with Crippen LogP contribution in [0.25, 0.3) is 0 Å². The molecule has 2 aromatic carbocycles. The molecule has 0 fully saturated rings. The van der Waals surface area contributed by atoms with E-state index in [1.165, 1.54) is 6.07 Å². The number of anilines is 2. The Balaban J connectivity index is 1.67. The molecule has 0 radical (unpaired) electrons. The van der Waals surface area contributed by atoms with Crippen molar-refractivity contribution in [2.75, 3.05) is 17.2 Å². The summed E-state index contributed by atoms with van der Waals surface area (Å²) in [4.78, 5) is 22.5. The first-order chi connectivity index (χ1) is 10.7. The smallest absolute Gasteiger partial charge is 0.292 e. The van der Waals surface area contributed by atoms with Gasteiger partial charge in [-0.3, -0.25) is 14.9 Å². The van der Waals surface area contributed by atoms with Crippen LogP contribution in [0.15, 0.2) is 48.5 Å². The maximum atomic E-state index is 12.0. The van der Waals surface area contributed by atoms with Crippen molar-refractivity contribution in [1.29, 1.82) is 0 Å². The number of nitrogens with one attached hydrogen (secondary N) is 2. The average Bonchev–Trinajstić information content (AvgIpc) is 2.83. The quantitative estimate of drug-likeness (QED) is 0.656. The number of benzene rings is 2. The molecule has 1 aliphatic rings. The van der Waals surface area contributed by atoms with Crippen molar-refractivity contribution < 1.29 is 9.72 Å². The predicted molar refractivity (Wildman–Crippen MR) is 84.0 cm³/mol. The highest BCUT2D eigenvalue weighted by Gasteiger charge is 2.29. The van der Waals surface area contributed by atoms with Crippen molar-refractivity contribution in [2.24, 2.45) is 0 Å². The molecule has 1 heterocycles. The van der Waals surface area contributed by atoms with Crippen LogP contribution >= 0.6 is 0 Å². The number of amides is 1. The first-order valence-corrected chi connectivity index (χ1v) is 7.04. The number of hydrogen-bond acceptors (Lipinski definition) is 4. The molecule has 1 amide bonds. The summed E-state index contributed by atoms with van der Waals surface area (Å²) >= 11 is 0. The monoisotopic (exact) mass is 297 g/mol. The minimum atomic E-state index is -0.417. The van der Waals surface area contributed by atoms with E-state index in [2.05, 4.69) is 10.6 Å². The summed E-state index contributed by atoms with van der Waals surface area (Å²) < 4.78 is 0. The maximum absolute atomic E-state index is 12.0. The number of carbonyl (C=O) groups excluding carboxylic acids is 1. The fraction of sp³-hybridized carbons (Fsp3) is 0.188. The molecule has 6 heteroatoms. The minimum Gasteiger partial charge on any atom is -0.379 e. The van der Waals surface area contributed by atoms with Crippen molar-refractivity contribution in [2.45, 2.75) is 12.3 Å². The first kappa shape index (κ1) is 14.1. The van der Waals surface area contributed by atoms with Gasteiger partial charge in [0, 0.05) is 18.3 Å². The Morgan fingerprint density at radius 2 is 1.86 bits per heavy atom. The number of hydrogen-bond donors (Lipinski definition) is 2. The number of rotatable bonds is 5. The molecule has 1 unspecified atom stereocenters. The number of para-hydroxylation sites is 3. The number of nitro groups is 1. The molecular weight excluding hydrogens is 282 g/mol. The molecular formula is C16H15N3O3. The van der Waals surface area contributed by atoms with Crippen molar-refractivity contribution in [1.82, 2.24) is 0 Å². The molecule has 0 aromatic heterocycles. The third kappa shape index (κ3) is 2.63. The van der Waals surface area contributed by atoms with Crippen LogP contribution < -0.4 is 10.6 Å². The Morgan fingerprint density at radius 3 is 2.68 bits per heavy atom. The molecule has 112 valence electrons. The van der Waals surface area contributed by atoms with Gasteiger partial charge in [0.1, 0.15) is 5.69 Å². The van der Waals surface area contributed by atoms with E-state index in [1.54, 1.807) is 18.2 Å². The molecule has 2 N–H and O–H groups in total. The third-order valence-corrected chi connectivity index (χ3v) is 3.76. The van der Waals surface area contributed by atoms with Crippen molar-refractivity contribution >= 4 is 23.0 Å². The van der Waals surface area contributed by atoms with E-state index in [0.717, 1.165) is 11.3 Å². The van der Waals surface area contributed by atoms with E-state index in [4.69, 9.17) is 0 Å². The molecule has 1 aliphatic heterocycles. The Morgan fingerprint density at radius 1 is 1.14 bits per heavy atom. The van der Waals surface area contributed by atoms with Crippen LogP contribution in [0, 0.1) is 10.1 Å². The summed E-state index contributed by atoms with van der Waals surface area (Å²) in [6.07, 6.45) is 0.578. The van der Waals surface area contributed by atoms with Gasteiger partial charge in [-0.25, -0.2) is 0 Å². The van der Waals surface area contributed by atoms with Gasteiger partial charge in [-0.2, -0.15) is 0 Å². The van der Waals surface area contributed by atoms with Gasteiger partial charge in [0.05, 0.1) is 10.8 Å². The fourth-order valence-electron chi connectivity index (χ4n) is 2.70. The highest BCUT2D eigenvalue weighted by Crippen LogP contribution is 2.34. The van der Waals surface area contributed by atoms with Crippen molar-refractivity contribution in [3.8, 4) is 0 Å². The van der Waals surface area contributed by atoms with Gasteiger partial charge in [-0.1, -0.05) is 30.3 Å². The molecule has 0 aliphatic carbocycles. The lowest BCUT2D eigenvalue weighted by atomic mass is 9.97. The molecule has 0 saturated carbocycles. The van der Waals surface area contributed by atoms with Crippen molar-refractivity contribution in [3.05, 3.63) is 64.2 Å². The van der Waals surface area contributed by atoms with E-state index in [0.29, 0.717) is 18.7 Å². The predicted octanol–water partition coefficient (Wildman–Crippen LogP) is 3.13. The van der Waals surface area contributed by atoms with Crippen LogP contribution in [0.2, 0.25) is 0 Å². The second-order valence-corrected chi connectivity index (χ2v) is 5.12. The van der Waals surface area contributed by atoms with E-state index in [1.807, 2.05) is 24.3 Å². The standard InChI is InChI=1S/C16H15N3O3/c20-16-12(11-5-1-2-6-13(11)18-16)9-10-17-14-7-3-4-8-15(14)19(21)22/h1-8,12,17H,9-10H2,(H,18,20). The molecule has 0 spiro atoms. The first-order valence-electron chi connectivity index (χ1n) is 7.04. The maximum Gasteiger partial charge on any atom is 0.292 e.